The van der Waals surface area contributed by atoms with Crippen LogP contribution in [-0.4, -0.2) is 34.1 Å². The van der Waals surface area contributed by atoms with Gasteiger partial charge in [-0.25, -0.2) is 0 Å². The maximum atomic E-state index is 11.5. The van der Waals surface area contributed by atoms with Crippen molar-refractivity contribution in [1.29, 1.82) is 0 Å². The van der Waals surface area contributed by atoms with Crippen molar-refractivity contribution >= 4 is 17.5 Å². The summed E-state index contributed by atoms with van der Waals surface area (Å²) in [7, 11) is 0. The van der Waals surface area contributed by atoms with Crippen LogP contribution in [-0.2, 0) is 4.79 Å². The highest BCUT2D eigenvalue weighted by molar-refractivity contribution is 6.41. The lowest BCUT2D eigenvalue weighted by atomic mass is 9.99. The van der Waals surface area contributed by atoms with E-state index in [0.717, 1.165) is 0 Å². The second-order valence-corrected chi connectivity index (χ2v) is 4.28. The van der Waals surface area contributed by atoms with E-state index >= 15 is 0 Å². The van der Waals surface area contributed by atoms with Crippen molar-refractivity contribution in [3.05, 3.63) is 11.6 Å². The molecule has 0 aromatic heterocycles. The van der Waals surface area contributed by atoms with Crippen LogP contribution in [0.3, 0.4) is 0 Å². The van der Waals surface area contributed by atoms with Gasteiger partial charge in [0.15, 0.2) is 0 Å². The topological polar surface area (TPSA) is 40.5 Å². The summed E-state index contributed by atoms with van der Waals surface area (Å²) >= 11 is 5.52. The number of nitrogens with zero attached hydrogens (tertiary/aromatic N) is 1. The highest BCUT2D eigenvalue weighted by Crippen LogP contribution is 2.30. The second-order valence-electron chi connectivity index (χ2n) is 3.82. The summed E-state index contributed by atoms with van der Waals surface area (Å²) in [6, 6.07) is 0. The third-order valence-electron chi connectivity index (χ3n) is 2.61. The lowest BCUT2D eigenvalue weighted by molar-refractivity contribution is -0.131. The first kappa shape index (κ1) is 10.5. The molecule has 0 aromatic carbocycles. The zero-order valence-corrected chi connectivity index (χ0v) is 8.64. The van der Waals surface area contributed by atoms with Crippen LogP contribution in [0.4, 0.5) is 0 Å². The van der Waals surface area contributed by atoms with Crippen molar-refractivity contribution in [1.82, 2.24) is 4.90 Å². The lowest BCUT2D eigenvalue weighted by Gasteiger charge is -2.33. The van der Waals surface area contributed by atoms with Crippen LogP contribution < -0.4 is 0 Å². The molecular formula is C9H14ClNO2. The number of rotatable bonds is 1. The molecule has 0 radical (unpaired) electrons. The summed E-state index contributed by atoms with van der Waals surface area (Å²) in [6.45, 7) is 7.57. The second kappa shape index (κ2) is 3.31. The van der Waals surface area contributed by atoms with E-state index in [1.807, 2.05) is 13.8 Å². The standard InChI is InChI=1S/C9H14ClNO2/c1-6(10)8(13)11-5-4-7(12)9(11,2)3/h7,12H,1,4-5H2,2-3H3. The summed E-state index contributed by atoms with van der Waals surface area (Å²) in [4.78, 5) is 13.1. The monoisotopic (exact) mass is 203 g/mol. The van der Waals surface area contributed by atoms with Gasteiger partial charge in [0.2, 0.25) is 0 Å². The van der Waals surface area contributed by atoms with Crippen molar-refractivity contribution in [3.63, 3.8) is 0 Å². The van der Waals surface area contributed by atoms with E-state index in [-0.39, 0.29) is 10.9 Å². The van der Waals surface area contributed by atoms with Crippen molar-refractivity contribution in [3.8, 4) is 0 Å². The number of hydrogen-bond acceptors (Lipinski definition) is 2. The zero-order chi connectivity index (χ0) is 10.2. The summed E-state index contributed by atoms with van der Waals surface area (Å²) in [6.07, 6.45) is 0.121. The molecule has 1 atom stereocenters. The van der Waals surface area contributed by atoms with Gasteiger partial charge < -0.3 is 10.0 Å². The van der Waals surface area contributed by atoms with Gasteiger partial charge in [-0.3, -0.25) is 4.79 Å². The third kappa shape index (κ3) is 1.71. The number of amides is 1. The average molecular weight is 204 g/mol. The lowest BCUT2D eigenvalue weighted by Crippen LogP contribution is -2.48. The first-order chi connectivity index (χ1) is 5.87. The van der Waals surface area contributed by atoms with Crippen LogP contribution in [0.25, 0.3) is 0 Å². The Labute approximate surface area is 83.0 Å². The number of aliphatic hydroxyl groups is 1. The molecule has 0 saturated carbocycles. The Hall–Kier alpha value is -0.540. The quantitative estimate of drug-likeness (QED) is 0.649. The maximum Gasteiger partial charge on any atom is 0.265 e. The molecule has 1 aliphatic heterocycles. The Morgan fingerprint density at radius 3 is 2.54 bits per heavy atom. The molecule has 3 nitrogen and oxygen atoms in total. The van der Waals surface area contributed by atoms with E-state index in [0.29, 0.717) is 13.0 Å². The Kier molecular flexibility index (Phi) is 2.68. The van der Waals surface area contributed by atoms with Gasteiger partial charge in [0, 0.05) is 6.54 Å². The summed E-state index contributed by atoms with van der Waals surface area (Å²) in [5.41, 5.74) is -0.533. The molecule has 1 aliphatic rings. The molecule has 0 aliphatic carbocycles. The molecule has 0 bridgehead atoms. The minimum absolute atomic E-state index is 0.00201. The minimum atomic E-state index is -0.533. The van der Waals surface area contributed by atoms with Crippen LogP contribution >= 0.6 is 11.6 Å². The average Bonchev–Trinajstić information content (AvgIpc) is 2.26. The Morgan fingerprint density at radius 2 is 2.23 bits per heavy atom. The first-order valence-corrected chi connectivity index (χ1v) is 4.59. The fraction of sp³-hybridized carbons (Fsp3) is 0.667. The number of halogens is 1. The largest absolute Gasteiger partial charge is 0.391 e. The fourth-order valence-electron chi connectivity index (χ4n) is 1.58. The van der Waals surface area contributed by atoms with Crippen LogP contribution in [0.2, 0.25) is 0 Å². The van der Waals surface area contributed by atoms with Crippen molar-refractivity contribution in [2.24, 2.45) is 0 Å². The molecule has 13 heavy (non-hydrogen) atoms. The van der Waals surface area contributed by atoms with Gasteiger partial charge in [0.1, 0.15) is 0 Å². The van der Waals surface area contributed by atoms with Gasteiger partial charge in [0.05, 0.1) is 16.7 Å². The first-order valence-electron chi connectivity index (χ1n) is 4.22. The molecule has 0 aromatic rings. The van der Waals surface area contributed by atoms with Crippen molar-refractivity contribution in [2.45, 2.75) is 31.9 Å². The molecule has 1 heterocycles. The molecule has 1 saturated heterocycles. The van der Waals surface area contributed by atoms with Crippen molar-refractivity contribution < 1.29 is 9.90 Å². The normalized spacial score (nSPS) is 26.2. The van der Waals surface area contributed by atoms with E-state index in [1.54, 1.807) is 4.90 Å². The van der Waals surface area contributed by atoms with Crippen LogP contribution in [0.1, 0.15) is 20.3 Å². The van der Waals surface area contributed by atoms with E-state index in [4.69, 9.17) is 11.6 Å². The zero-order valence-electron chi connectivity index (χ0n) is 7.88. The van der Waals surface area contributed by atoms with E-state index in [9.17, 15) is 9.90 Å². The molecule has 74 valence electrons. The fourth-order valence-corrected chi connectivity index (χ4v) is 1.68. The van der Waals surface area contributed by atoms with Crippen LogP contribution in [0, 0.1) is 0 Å². The molecule has 1 fully saturated rings. The highest BCUT2D eigenvalue weighted by Gasteiger charge is 2.43. The molecule has 0 spiro atoms. The number of aliphatic hydroxyl groups excluding tert-OH is 1. The van der Waals surface area contributed by atoms with E-state index < -0.39 is 11.6 Å². The van der Waals surface area contributed by atoms with Gasteiger partial charge >= 0.3 is 0 Å². The van der Waals surface area contributed by atoms with Crippen molar-refractivity contribution in [2.75, 3.05) is 6.54 Å². The molecule has 1 rings (SSSR count). The molecule has 4 heteroatoms. The smallest absolute Gasteiger partial charge is 0.265 e. The van der Waals surface area contributed by atoms with Gasteiger partial charge in [-0.15, -0.1) is 0 Å². The van der Waals surface area contributed by atoms with E-state index in [2.05, 4.69) is 6.58 Å². The Bertz CT molecular complexity index is 250. The molecule has 1 amide bonds. The number of likely N-dealkylation sites (tertiary alicyclic amines) is 1. The summed E-state index contributed by atoms with van der Waals surface area (Å²) in [5, 5.41) is 9.59. The predicted octanol–water partition coefficient (Wildman–Crippen LogP) is 1.11. The maximum absolute atomic E-state index is 11.5. The molecule has 1 N–H and O–H groups in total. The number of carbonyl (C=O) groups is 1. The minimum Gasteiger partial charge on any atom is -0.391 e. The Balaban J connectivity index is 2.84. The Morgan fingerprint density at radius 1 is 1.69 bits per heavy atom. The third-order valence-corrected chi connectivity index (χ3v) is 2.78. The SMILES string of the molecule is C=C(Cl)C(=O)N1CCC(O)C1(C)C. The predicted molar refractivity (Wildman–Crippen MR) is 51.4 cm³/mol. The van der Waals surface area contributed by atoms with Gasteiger partial charge in [-0.2, -0.15) is 0 Å². The van der Waals surface area contributed by atoms with Crippen LogP contribution in [0.5, 0.6) is 0 Å². The number of carbonyl (C=O) groups excluding carboxylic acids is 1. The molecular weight excluding hydrogens is 190 g/mol. The van der Waals surface area contributed by atoms with Crippen LogP contribution in [0.15, 0.2) is 11.6 Å². The van der Waals surface area contributed by atoms with Gasteiger partial charge in [-0.1, -0.05) is 18.2 Å². The van der Waals surface area contributed by atoms with Gasteiger partial charge in [0.25, 0.3) is 5.91 Å². The summed E-state index contributed by atoms with van der Waals surface area (Å²) < 4.78 is 0. The van der Waals surface area contributed by atoms with E-state index in [1.165, 1.54) is 0 Å². The molecule has 1 unspecified atom stereocenters. The highest BCUT2D eigenvalue weighted by atomic mass is 35.5. The van der Waals surface area contributed by atoms with Gasteiger partial charge in [-0.05, 0) is 20.3 Å². The summed E-state index contributed by atoms with van der Waals surface area (Å²) in [5.74, 6) is -0.289. The number of hydrogen-bond donors (Lipinski definition) is 1.